The van der Waals surface area contributed by atoms with Crippen LogP contribution in [0.4, 0.5) is 5.69 Å². The summed E-state index contributed by atoms with van der Waals surface area (Å²) in [5.41, 5.74) is 4.20. The molecule has 1 aromatic heterocycles. The van der Waals surface area contributed by atoms with Gasteiger partial charge in [-0.1, -0.05) is 35.3 Å². The zero-order valence-corrected chi connectivity index (χ0v) is 15.5. The topological polar surface area (TPSA) is 52.0 Å². The number of halogens is 2. The van der Waals surface area contributed by atoms with E-state index in [0.29, 0.717) is 15.6 Å². The van der Waals surface area contributed by atoms with Gasteiger partial charge in [0.2, 0.25) is 0 Å². The van der Waals surface area contributed by atoms with Gasteiger partial charge in [-0.05, 0) is 29.8 Å². The maximum absolute atomic E-state index is 9.61. The number of hydrogen-bond donors (Lipinski definition) is 1. The number of nitrogens with one attached hydrogen (secondary N) is 1. The molecule has 2 heterocycles. The molecule has 1 saturated heterocycles. The quantitative estimate of drug-likeness (QED) is 0.709. The van der Waals surface area contributed by atoms with Gasteiger partial charge in [-0.25, -0.2) is 0 Å². The largest absolute Gasteiger partial charge is 0.367 e. The molecule has 2 aromatic carbocycles. The third-order valence-corrected chi connectivity index (χ3v) is 5.20. The SMILES string of the molecule is N#Cc1cnc2cc(Cl)c(-c3ccc(Cl)cc3)cc2c1N1CCNCC1. The Morgan fingerprint density at radius 1 is 1.08 bits per heavy atom. The first-order chi connectivity index (χ1) is 12.7. The molecule has 0 aliphatic carbocycles. The molecule has 1 fully saturated rings. The summed E-state index contributed by atoms with van der Waals surface area (Å²) in [6.07, 6.45) is 1.64. The first-order valence-corrected chi connectivity index (χ1v) is 9.17. The van der Waals surface area contributed by atoms with Crippen molar-refractivity contribution in [2.24, 2.45) is 0 Å². The first kappa shape index (κ1) is 17.1. The Balaban J connectivity index is 1.95. The Morgan fingerprint density at radius 3 is 2.50 bits per heavy atom. The molecule has 3 aromatic rings. The van der Waals surface area contributed by atoms with Crippen LogP contribution >= 0.6 is 23.2 Å². The molecule has 0 unspecified atom stereocenters. The zero-order chi connectivity index (χ0) is 18.1. The van der Waals surface area contributed by atoms with E-state index in [4.69, 9.17) is 23.2 Å². The van der Waals surface area contributed by atoms with Gasteiger partial charge in [-0.2, -0.15) is 5.26 Å². The Kier molecular flexibility index (Phi) is 4.69. The van der Waals surface area contributed by atoms with Gasteiger partial charge in [0.25, 0.3) is 0 Å². The summed E-state index contributed by atoms with van der Waals surface area (Å²) >= 11 is 12.5. The molecular formula is C20H16Cl2N4. The molecule has 130 valence electrons. The van der Waals surface area contributed by atoms with Crippen molar-refractivity contribution in [1.29, 1.82) is 5.26 Å². The average Bonchev–Trinajstić information content (AvgIpc) is 2.68. The summed E-state index contributed by atoms with van der Waals surface area (Å²) in [4.78, 5) is 6.70. The zero-order valence-electron chi connectivity index (χ0n) is 14.0. The molecule has 0 saturated carbocycles. The molecule has 4 rings (SSSR count). The van der Waals surface area contributed by atoms with E-state index in [1.165, 1.54) is 0 Å². The lowest BCUT2D eigenvalue weighted by Crippen LogP contribution is -2.43. The van der Waals surface area contributed by atoms with Crippen molar-refractivity contribution in [2.75, 3.05) is 31.1 Å². The summed E-state index contributed by atoms with van der Waals surface area (Å²) in [6.45, 7) is 3.50. The molecule has 0 bridgehead atoms. The number of aromatic nitrogens is 1. The van der Waals surface area contributed by atoms with E-state index in [9.17, 15) is 5.26 Å². The van der Waals surface area contributed by atoms with E-state index in [2.05, 4.69) is 21.3 Å². The van der Waals surface area contributed by atoms with Crippen molar-refractivity contribution in [1.82, 2.24) is 10.3 Å². The second-order valence-corrected chi connectivity index (χ2v) is 7.07. The van der Waals surface area contributed by atoms with Gasteiger partial charge in [0.05, 0.1) is 21.8 Å². The van der Waals surface area contributed by atoms with Crippen molar-refractivity contribution in [3.8, 4) is 17.2 Å². The van der Waals surface area contributed by atoms with Gasteiger partial charge >= 0.3 is 0 Å². The Morgan fingerprint density at radius 2 is 1.81 bits per heavy atom. The van der Waals surface area contributed by atoms with E-state index in [-0.39, 0.29) is 0 Å². The van der Waals surface area contributed by atoms with E-state index >= 15 is 0 Å². The number of rotatable bonds is 2. The van der Waals surface area contributed by atoms with Crippen LogP contribution < -0.4 is 10.2 Å². The van der Waals surface area contributed by atoms with Crippen molar-refractivity contribution in [2.45, 2.75) is 0 Å². The molecule has 1 N–H and O–H groups in total. The standard InChI is InChI=1S/C20H16Cl2N4/c21-15-3-1-13(2-4-15)16-9-17-19(10-18(16)22)25-12-14(11-23)20(17)26-7-5-24-6-8-26/h1-4,9-10,12,24H,5-8H2. The molecule has 1 aliphatic heterocycles. The van der Waals surface area contributed by atoms with Crippen LogP contribution in [-0.4, -0.2) is 31.2 Å². The summed E-state index contributed by atoms with van der Waals surface area (Å²) < 4.78 is 0. The number of fused-ring (bicyclic) bond motifs is 1. The fourth-order valence-corrected chi connectivity index (χ4v) is 3.75. The lowest BCUT2D eigenvalue weighted by molar-refractivity contribution is 0.590. The van der Waals surface area contributed by atoms with Gasteiger partial charge in [-0.15, -0.1) is 0 Å². The summed E-state index contributed by atoms with van der Waals surface area (Å²) in [5, 5.41) is 15.2. The van der Waals surface area contributed by atoms with Crippen molar-refractivity contribution in [3.05, 3.63) is 58.2 Å². The van der Waals surface area contributed by atoms with E-state index in [1.807, 2.05) is 36.4 Å². The number of anilines is 1. The number of piperazine rings is 1. The van der Waals surface area contributed by atoms with E-state index < -0.39 is 0 Å². The number of pyridine rings is 1. The molecular weight excluding hydrogens is 367 g/mol. The van der Waals surface area contributed by atoms with Gasteiger partial charge in [-0.3, -0.25) is 4.98 Å². The third kappa shape index (κ3) is 3.10. The highest BCUT2D eigenvalue weighted by molar-refractivity contribution is 6.34. The molecule has 0 atom stereocenters. The lowest BCUT2D eigenvalue weighted by Gasteiger charge is -2.31. The molecule has 6 heteroatoms. The number of benzene rings is 2. The van der Waals surface area contributed by atoms with Crippen LogP contribution in [0.3, 0.4) is 0 Å². The highest BCUT2D eigenvalue weighted by atomic mass is 35.5. The average molecular weight is 383 g/mol. The summed E-state index contributed by atoms with van der Waals surface area (Å²) in [7, 11) is 0. The molecule has 4 nitrogen and oxygen atoms in total. The summed E-state index contributed by atoms with van der Waals surface area (Å²) in [5.74, 6) is 0. The second kappa shape index (κ2) is 7.13. The Bertz CT molecular complexity index is 1000. The predicted octanol–water partition coefficient (Wildman–Crippen LogP) is 4.49. The fraction of sp³-hybridized carbons (Fsp3) is 0.200. The first-order valence-electron chi connectivity index (χ1n) is 8.41. The number of nitrogens with zero attached hydrogens (tertiary/aromatic N) is 3. The van der Waals surface area contributed by atoms with Gasteiger partial charge in [0.15, 0.2) is 0 Å². The molecule has 0 radical (unpaired) electrons. The van der Waals surface area contributed by atoms with Gasteiger partial charge < -0.3 is 10.2 Å². The molecule has 0 amide bonds. The van der Waals surface area contributed by atoms with Crippen LogP contribution in [0, 0.1) is 11.3 Å². The molecule has 1 aliphatic rings. The van der Waals surface area contributed by atoms with Crippen molar-refractivity contribution in [3.63, 3.8) is 0 Å². The minimum absolute atomic E-state index is 0.587. The third-order valence-electron chi connectivity index (χ3n) is 4.64. The van der Waals surface area contributed by atoms with Crippen LogP contribution in [0.2, 0.25) is 10.0 Å². The maximum Gasteiger partial charge on any atom is 0.103 e. The molecule has 26 heavy (non-hydrogen) atoms. The van der Waals surface area contributed by atoms with E-state index in [1.54, 1.807) is 6.20 Å². The summed E-state index contributed by atoms with van der Waals surface area (Å²) in [6, 6.07) is 13.8. The maximum atomic E-state index is 9.61. The normalized spacial score (nSPS) is 14.4. The van der Waals surface area contributed by atoms with Gasteiger partial charge in [0, 0.05) is 48.3 Å². The van der Waals surface area contributed by atoms with Crippen LogP contribution in [-0.2, 0) is 0 Å². The van der Waals surface area contributed by atoms with Crippen molar-refractivity contribution < 1.29 is 0 Å². The highest BCUT2D eigenvalue weighted by Crippen LogP contribution is 2.37. The highest BCUT2D eigenvalue weighted by Gasteiger charge is 2.19. The van der Waals surface area contributed by atoms with Gasteiger partial charge in [0.1, 0.15) is 6.07 Å². The minimum atomic E-state index is 0.587. The molecule has 0 spiro atoms. The number of nitriles is 1. The Labute approximate surface area is 162 Å². The number of hydrogen-bond acceptors (Lipinski definition) is 4. The Hall–Kier alpha value is -2.32. The smallest absolute Gasteiger partial charge is 0.103 e. The van der Waals surface area contributed by atoms with Crippen LogP contribution in [0.1, 0.15) is 5.56 Å². The lowest BCUT2D eigenvalue weighted by atomic mass is 10.0. The second-order valence-electron chi connectivity index (χ2n) is 6.23. The van der Waals surface area contributed by atoms with Crippen LogP contribution in [0.5, 0.6) is 0 Å². The van der Waals surface area contributed by atoms with Crippen molar-refractivity contribution >= 4 is 39.8 Å². The predicted molar refractivity (Wildman–Crippen MR) is 107 cm³/mol. The van der Waals surface area contributed by atoms with Crippen LogP contribution in [0.25, 0.3) is 22.0 Å². The minimum Gasteiger partial charge on any atom is -0.367 e. The van der Waals surface area contributed by atoms with Crippen LogP contribution in [0.15, 0.2) is 42.6 Å². The fourth-order valence-electron chi connectivity index (χ4n) is 3.36. The monoisotopic (exact) mass is 382 g/mol. The van der Waals surface area contributed by atoms with E-state index in [0.717, 1.165) is 53.9 Å².